The Labute approximate surface area is 124 Å². The second kappa shape index (κ2) is 5.87. The van der Waals surface area contributed by atoms with Gasteiger partial charge in [0, 0.05) is 48.6 Å². The molecule has 0 radical (unpaired) electrons. The first-order chi connectivity index (χ1) is 10.0. The number of aliphatic imine (C=N–C) groups is 1. The molecule has 112 valence electrons. The van der Waals surface area contributed by atoms with Crippen molar-refractivity contribution in [1.82, 2.24) is 10.2 Å². The molecule has 1 amide bonds. The summed E-state index contributed by atoms with van der Waals surface area (Å²) < 4.78 is 0. The number of nitrogens with two attached hydrogens (primary N) is 1. The summed E-state index contributed by atoms with van der Waals surface area (Å²) in [5, 5.41) is 13.5. The van der Waals surface area contributed by atoms with Crippen LogP contribution < -0.4 is 11.1 Å². The number of nitrogens with zero attached hydrogens (tertiary/aromatic N) is 2. The quantitative estimate of drug-likeness (QED) is 0.680. The van der Waals surface area contributed by atoms with Crippen LogP contribution in [0.1, 0.15) is 13.8 Å². The maximum Gasteiger partial charge on any atom is 0.257 e. The van der Waals surface area contributed by atoms with E-state index in [2.05, 4.69) is 10.3 Å². The van der Waals surface area contributed by atoms with E-state index in [1.807, 2.05) is 13.8 Å². The number of carbonyl (C=O) groups excluding carboxylic acids is 1. The summed E-state index contributed by atoms with van der Waals surface area (Å²) in [6.07, 6.45) is 7.30. The predicted octanol–water partition coefficient (Wildman–Crippen LogP) is 1.17. The van der Waals surface area contributed by atoms with Gasteiger partial charge in [-0.3, -0.25) is 14.7 Å². The number of amides is 1. The molecular weight excluding hydrogens is 268 g/mol. The molecule has 0 saturated heterocycles. The lowest BCUT2D eigenvalue weighted by Gasteiger charge is -2.37. The molecule has 0 saturated carbocycles. The molecule has 6 heteroatoms. The second-order valence-corrected chi connectivity index (χ2v) is 5.16. The van der Waals surface area contributed by atoms with Crippen LogP contribution in [-0.4, -0.2) is 35.3 Å². The van der Waals surface area contributed by atoms with Crippen molar-refractivity contribution >= 4 is 12.1 Å². The highest BCUT2D eigenvalue weighted by atomic mass is 16.3. The van der Waals surface area contributed by atoms with Crippen LogP contribution in [0.2, 0.25) is 0 Å². The fraction of sp³-hybridized carbons (Fsp3) is 0.333. The molecule has 4 N–H and O–H groups in total. The van der Waals surface area contributed by atoms with E-state index in [0.717, 1.165) is 0 Å². The van der Waals surface area contributed by atoms with Gasteiger partial charge in [-0.25, -0.2) is 0 Å². The van der Waals surface area contributed by atoms with E-state index in [1.165, 1.54) is 11.1 Å². The Hall–Kier alpha value is -2.50. The van der Waals surface area contributed by atoms with Crippen LogP contribution in [-0.2, 0) is 4.79 Å². The van der Waals surface area contributed by atoms with Gasteiger partial charge in [-0.15, -0.1) is 0 Å². The SMILES string of the molecule is CN=CC(=CN)C1=C(O)C2NC=C(C(C)C)C(=O)N2C=C1. The van der Waals surface area contributed by atoms with E-state index in [-0.39, 0.29) is 17.6 Å². The number of carbonyl (C=O) groups is 1. The van der Waals surface area contributed by atoms with Crippen molar-refractivity contribution < 1.29 is 9.90 Å². The average molecular weight is 288 g/mol. The van der Waals surface area contributed by atoms with Gasteiger partial charge in [0.15, 0.2) is 6.17 Å². The Kier molecular flexibility index (Phi) is 4.16. The number of aliphatic hydroxyl groups excluding tert-OH is 1. The molecule has 2 rings (SSSR count). The Morgan fingerprint density at radius 2 is 2.29 bits per heavy atom. The molecule has 0 aromatic rings. The molecule has 0 aliphatic carbocycles. The molecule has 2 heterocycles. The molecule has 21 heavy (non-hydrogen) atoms. The van der Waals surface area contributed by atoms with Gasteiger partial charge in [0.2, 0.25) is 0 Å². The van der Waals surface area contributed by atoms with Crippen molar-refractivity contribution in [2.75, 3.05) is 7.05 Å². The van der Waals surface area contributed by atoms with Gasteiger partial charge in [-0.2, -0.15) is 0 Å². The highest BCUT2D eigenvalue weighted by molar-refractivity contribution is 5.96. The largest absolute Gasteiger partial charge is 0.507 e. The zero-order chi connectivity index (χ0) is 15.6. The summed E-state index contributed by atoms with van der Waals surface area (Å²) in [4.78, 5) is 17.8. The summed E-state index contributed by atoms with van der Waals surface area (Å²) in [5.74, 6) is 0.0399. The molecule has 0 bridgehead atoms. The molecule has 6 nitrogen and oxygen atoms in total. The van der Waals surface area contributed by atoms with E-state index in [0.29, 0.717) is 16.7 Å². The molecule has 0 aromatic carbocycles. The van der Waals surface area contributed by atoms with Crippen LogP contribution in [0.15, 0.2) is 52.1 Å². The zero-order valence-corrected chi connectivity index (χ0v) is 12.4. The molecule has 1 unspecified atom stereocenters. The van der Waals surface area contributed by atoms with Crippen LogP contribution in [0.4, 0.5) is 0 Å². The number of hydrogen-bond donors (Lipinski definition) is 3. The van der Waals surface area contributed by atoms with Crippen LogP contribution in [0.3, 0.4) is 0 Å². The second-order valence-electron chi connectivity index (χ2n) is 5.16. The third kappa shape index (κ3) is 2.56. The van der Waals surface area contributed by atoms with Crippen LogP contribution >= 0.6 is 0 Å². The summed E-state index contributed by atoms with van der Waals surface area (Å²) in [5.41, 5.74) is 7.38. The van der Waals surface area contributed by atoms with Gasteiger partial charge in [0.25, 0.3) is 5.91 Å². The van der Waals surface area contributed by atoms with E-state index >= 15 is 0 Å². The van der Waals surface area contributed by atoms with Crippen molar-refractivity contribution in [3.63, 3.8) is 0 Å². The molecule has 0 spiro atoms. The van der Waals surface area contributed by atoms with Crippen LogP contribution in [0.5, 0.6) is 0 Å². The monoisotopic (exact) mass is 288 g/mol. The van der Waals surface area contributed by atoms with Crippen LogP contribution in [0.25, 0.3) is 0 Å². The fourth-order valence-electron chi connectivity index (χ4n) is 2.33. The maximum absolute atomic E-state index is 12.4. The molecular formula is C15H20N4O2. The number of aliphatic hydroxyl groups is 1. The Bertz CT molecular complexity index is 597. The number of allylic oxidation sites excluding steroid dienone is 3. The smallest absolute Gasteiger partial charge is 0.257 e. The Balaban J connectivity index is 2.39. The normalized spacial score (nSPS) is 22.8. The lowest BCUT2D eigenvalue weighted by atomic mass is 9.97. The first-order valence-electron chi connectivity index (χ1n) is 6.75. The standard InChI is InChI=1S/C15H20N4O2/c1-9(2)12-8-18-14-13(20)11(10(6-16)7-17-3)4-5-19(14)15(12)21/h4-9,14,18,20H,16H2,1-3H3. The fourth-order valence-corrected chi connectivity index (χ4v) is 2.33. The Morgan fingerprint density at radius 3 is 2.86 bits per heavy atom. The molecule has 1 atom stereocenters. The van der Waals surface area contributed by atoms with Gasteiger partial charge in [-0.05, 0) is 12.0 Å². The van der Waals surface area contributed by atoms with Crippen molar-refractivity contribution in [2.24, 2.45) is 16.6 Å². The maximum atomic E-state index is 12.4. The third-order valence-corrected chi connectivity index (χ3v) is 3.47. The Morgan fingerprint density at radius 1 is 1.57 bits per heavy atom. The highest BCUT2D eigenvalue weighted by Crippen LogP contribution is 2.28. The first kappa shape index (κ1) is 14.9. The van der Waals surface area contributed by atoms with Crippen LogP contribution in [0, 0.1) is 5.92 Å². The summed E-state index contributed by atoms with van der Waals surface area (Å²) in [6.45, 7) is 3.90. The van der Waals surface area contributed by atoms with Crippen molar-refractivity contribution in [2.45, 2.75) is 20.0 Å². The summed E-state index contributed by atoms with van der Waals surface area (Å²) in [7, 11) is 1.62. The third-order valence-electron chi connectivity index (χ3n) is 3.47. The van der Waals surface area contributed by atoms with E-state index in [4.69, 9.17) is 5.73 Å². The zero-order valence-electron chi connectivity index (χ0n) is 12.4. The van der Waals surface area contributed by atoms with Gasteiger partial charge >= 0.3 is 0 Å². The lowest BCUT2D eigenvalue weighted by Crippen LogP contribution is -2.51. The minimum absolute atomic E-state index is 0.0431. The lowest BCUT2D eigenvalue weighted by molar-refractivity contribution is -0.128. The number of fused-ring (bicyclic) bond motifs is 1. The van der Waals surface area contributed by atoms with Crippen molar-refractivity contribution in [3.8, 4) is 0 Å². The van der Waals surface area contributed by atoms with Gasteiger partial charge in [0.05, 0.1) is 0 Å². The molecule has 0 fully saturated rings. The molecule has 2 aliphatic heterocycles. The topological polar surface area (TPSA) is 91.0 Å². The number of hydrogen-bond acceptors (Lipinski definition) is 5. The van der Waals surface area contributed by atoms with Crippen molar-refractivity contribution in [3.05, 3.63) is 47.2 Å². The summed E-state index contributed by atoms with van der Waals surface area (Å²) in [6, 6.07) is 0. The predicted molar refractivity (Wildman–Crippen MR) is 82.2 cm³/mol. The summed E-state index contributed by atoms with van der Waals surface area (Å²) >= 11 is 0. The van der Waals surface area contributed by atoms with Gasteiger partial charge < -0.3 is 16.2 Å². The van der Waals surface area contributed by atoms with E-state index in [1.54, 1.807) is 31.7 Å². The van der Waals surface area contributed by atoms with Gasteiger partial charge in [0.1, 0.15) is 5.76 Å². The average Bonchev–Trinajstić information content (AvgIpc) is 2.46. The van der Waals surface area contributed by atoms with Crippen molar-refractivity contribution in [1.29, 1.82) is 0 Å². The minimum Gasteiger partial charge on any atom is -0.507 e. The number of nitrogens with one attached hydrogen (secondary N) is 1. The first-order valence-corrected chi connectivity index (χ1v) is 6.75. The van der Waals surface area contributed by atoms with Gasteiger partial charge in [-0.1, -0.05) is 13.8 Å². The van der Waals surface area contributed by atoms with E-state index in [9.17, 15) is 9.90 Å². The minimum atomic E-state index is -0.611. The van der Waals surface area contributed by atoms with E-state index < -0.39 is 6.17 Å². The number of rotatable bonds is 3. The highest BCUT2D eigenvalue weighted by Gasteiger charge is 2.35. The molecule has 0 aromatic heterocycles. The molecule has 2 aliphatic rings.